The molecule has 0 aliphatic carbocycles. The standard InChI is InChI=1S/C15H20N2O4/c1-10(2)11-4-3-5-12(8-11)16-15(19)17-14(18)13-9-20-6-7-21-13/h3-5,8,10,13H,6-7,9H2,1-2H3,(H2,16,17,18,19). The summed E-state index contributed by atoms with van der Waals surface area (Å²) in [5.41, 5.74) is 1.76. The Bertz CT molecular complexity index is 510. The highest BCUT2D eigenvalue weighted by Gasteiger charge is 2.24. The molecule has 0 bridgehead atoms. The van der Waals surface area contributed by atoms with Gasteiger partial charge in [0.15, 0.2) is 6.10 Å². The fourth-order valence-corrected chi connectivity index (χ4v) is 1.97. The molecule has 0 saturated carbocycles. The predicted octanol–water partition coefficient (Wildman–Crippen LogP) is 1.87. The summed E-state index contributed by atoms with van der Waals surface area (Å²) in [6.45, 7) is 5.14. The van der Waals surface area contributed by atoms with Crippen LogP contribution in [0.2, 0.25) is 0 Å². The molecule has 1 aliphatic rings. The summed E-state index contributed by atoms with van der Waals surface area (Å²) in [5.74, 6) is -0.128. The van der Waals surface area contributed by atoms with Gasteiger partial charge in [0.2, 0.25) is 0 Å². The van der Waals surface area contributed by atoms with Crippen molar-refractivity contribution in [1.29, 1.82) is 0 Å². The number of ether oxygens (including phenoxy) is 2. The number of urea groups is 1. The maximum atomic E-state index is 11.8. The first-order valence-electron chi connectivity index (χ1n) is 6.97. The van der Waals surface area contributed by atoms with Crippen LogP contribution >= 0.6 is 0 Å². The summed E-state index contributed by atoms with van der Waals surface area (Å²) in [6.07, 6.45) is -0.730. The summed E-state index contributed by atoms with van der Waals surface area (Å²) in [5, 5.41) is 4.89. The number of hydrogen-bond donors (Lipinski definition) is 2. The van der Waals surface area contributed by atoms with E-state index < -0.39 is 18.0 Å². The second-order valence-corrected chi connectivity index (χ2v) is 5.16. The van der Waals surface area contributed by atoms with Crippen molar-refractivity contribution in [2.75, 3.05) is 25.1 Å². The van der Waals surface area contributed by atoms with E-state index >= 15 is 0 Å². The quantitative estimate of drug-likeness (QED) is 0.891. The lowest BCUT2D eigenvalue weighted by Crippen LogP contribution is -2.46. The molecule has 6 heteroatoms. The average molecular weight is 292 g/mol. The Balaban J connectivity index is 1.89. The minimum absolute atomic E-state index is 0.169. The smallest absolute Gasteiger partial charge is 0.325 e. The number of rotatable bonds is 3. The number of amides is 3. The topological polar surface area (TPSA) is 76.7 Å². The molecule has 21 heavy (non-hydrogen) atoms. The summed E-state index contributed by atoms with van der Waals surface area (Å²) >= 11 is 0. The van der Waals surface area contributed by atoms with E-state index in [1.807, 2.05) is 18.2 Å². The highest BCUT2D eigenvalue weighted by molar-refractivity contribution is 6.02. The van der Waals surface area contributed by atoms with Crippen molar-refractivity contribution in [2.24, 2.45) is 0 Å². The van der Waals surface area contributed by atoms with Crippen molar-refractivity contribution in [3.05, 3.63) is 29.8 Å². The largest absolute Gasteiger partial charge is 0.376 e. The van der Waals surface area contributed by atoms with Crippen LogP contribution < -0.4 is 10.6 Å². The van der Waals surface area contributed by atoms with Crippen molar-refractivity contribution < 1.29 is 19.1 Å². The van der Waals surface area contributed by atoms with Gasteiger partial charge in [-0.15, -0.1) is 0 Å². The molecule has 1 fully saturated rings. The zero-order chi connectivity index (χ0) is 15.2. The number of carbonyl (C=O) groups is 2. The Hall–Kier alpha value is -1.92. The van der Waals surface area contributed by atoms with Crippen LogP contribution in [-0.4, -0.2) is 37.9 Å². The van der Waals surface area contributed by atoms with Gasteiger partial charge in [-0.3, -0.25) is 10.1 Å². The third-order valence-corrected chi connectivity index (χ3v) is 3.16. The Morgan fingerprint density at radius 3 is 2.76 bits per heavy atom. The zero-order valence-corrected chi connectivity index (χ0v) is 12.2. The molecule has 1 aliphatic heterocycles. The Labute approximate surface area is 123 Å². The van der Waals surface area contributed by atoms with Gasteiger partial charge in [0.05, 0.1) is 19.8 Å². The summed E-state index contributed by atoms with van der Waals surface area (Å²) < 4.78 is 10.4. The van der Waals surface area contributed by atoms with E-state index in [1.54, 1.807) is 6.07 Å². The predicted molar refractivity (Wildman–Crippen MR) is 78.3 cm³/mol. The Morgan fingerprint density at radius 1 is 1.29 bits per heavy atom. The van der Waals surface area contributed by atoms with Crippen molar-refractivity contribution in [3.63, 3.8) is 0 Å². The maximum Gasteiger partial charge on any atom is 0.325 e. The number of hydrogen-bond acceptors (Lipinski definition) is 4. The molecule has 6 nitrogen and oxygen atoms in total. The molecule has 1 unspecified atom stereocenters. The Kier molecular flexibility index (Phi) is 5.30. The fraction of sp³-hybridized carbons (Fsp3) is 0.467. The van der Waals surface area contributed by atoms with Gasteiger partial charge in [-0.2, -0.15) is 0 Å². The second kappa shape index (κ2) is 7.19. The SMILES string of the molecule is CC(C)c1cccc(NC(=O)NC(=O)C2COCCO2)c1. The van der Waals surface area contributed by atoms with Crippen molar-refractivity contribution in [1.82, 2.24) is 5.32 Å². The van der Waals surface area contributed by atoms with Gasteiger partial charge < -0.3 is 14.8 Å². The zero-order valence-electron chi connectivity index (χ0n) is 12.2. The van der Waals surface area contributed by atoms with Gasteiger partial charge in [-0.25, -0.2) is 4.79 Å². The molecule has 0 spiro atoms. The lowest BCUT2D eigenvalue weighted by Gasteiger charge is -2.21. The summed E-state index contributed by atoms with van der Waals surface area (Å²) in [7, 11) is 0. The molecule has 3 amide bonds. The lowest BCUT2D eigenvalue weighted by molar-refractivity contribution is -0.146. The highest BCUT2D eigenvalue weighted by atomic mass is 16.6. The molecule has 1 atom stereocenters. The van der Waals surface area contributed by atoms with Crippen LogP contribution in [-0.2, 0) is 14.3 Å². The van der Waals surface area contributed by atoms with E-state index in [0.29, 0.717) is 24.8 Å². The van der Waals surface area contributed by atoms with E-state index in [1.165, 1.54) is 0 Å². The molecule has 1 saturated heterocycles. The molecule has 1 heterocycles. The van der Waals surface area contributed by atoms with Crippen molar-refractivity contribution in [3.8, 4) is 0 Å². The molecular formula is C15H20N2O4. The maximum absolute atomic E-state index is 11.8. The van der Waals surface area contributed by atoms with Crippen LogP contribution in [0.4, 0.5) is 10.5 Å². The van der Waals surface area contributed by atoms with E-state index in [9.17, 15) is 9.59 Å². The van der Waals surface area contributed by atoms with Crippen LogP contribution in [0.5, 0.6) is 0 Å². The average Bonchev–Trinajstić information content (AvgIpc) is 2.48. The van der Waals surface area contributed by atoms with Crippen molar-refractivity contribution in [2.45, 2.75) is 25.9 Å². The first-order valence-corrected chi connectivity index (χ1v) is 6.97. The molecule has 114 valence electrons. The van der Waals surface area contributed by atoms with Gasteiger partial charge >= 0.3 is 6.03 Å². The van der Waals surface area contributed by atoms with E-state index in [0.717, 1.165) is 5.56 Å². The van der Waals surface area contributed by atoms with E-state index in [2.05, 4.69) is 24.5 Å². The highest BCUT2D eigenvalue weighted by Crippen LogP contribution is 2.18. The number of benzene rings is 1. The number of nitrogens with one attached hydrogen (secondary N) is 2. The summed E-state index contributed by atoms with van der Waals surface area (Å²) in [6, 6.07) is 6.94. The first kappa shape index (κ1) is 15.5. The van der Waals surface area contributed by atoms with Gasteiger partial charge in [-0.05, 0) is 23.6 Å². The van der Waals surface area contributed by atoms with Gasteiger partial charge in [0.25, 0.3) is 5.91 Å². The van der Waals surface area contributed by atoms with Crippen LogP contribution in [0, 0.1) is 0 Å². The lowest BCUT2D eigenvalue weighted by atomic mass is 10.0. The molecular weight excluding hydrogens is 272 g/mol. The molecule has 2 rings (SSSR count). The fourth-order valence-electron chi connectivity index (χ4n) is 1.97. The molecule has 1 aromatic rings. The van der Waals surface area contributed by atoms with Gasteiger partial charge in [-0.1, -0.05) is 26.0 Å². The first-order chi connectivity index (χ1) is 10.1. The van der Waals surface area contributed by atoms with Gasteiger partial charge in [0, 0.05) is 5.69 Å². The third kappa shape index (κ3) is 4.54. The van der Waals surface area contributed by atoms with E-state index in [-0.39, 0.29) is 6.61 Å². The Morgan fingerprint density at radius 2 is 2.10 bits per heavy atom. The van der Waals surface area contributed by atoms with E-state index in [4.69, 9.17) is 9.47 Å². The van der Waals surface area contributed by atoms with Crippen LogP contribution in [0.3, 0.4) is 0 Å². The van der Waals surface area contributed by atoms with Crippen LogP contribution in [0.15, 0.2) is 24.3 Å². The molecule has 2 N–H and O–H groups in total. The third-order valence-electron chi connectivity index (χ3n) is 3.16. The normalized spacial score (nSPS) is 18.3. The number of anilines is 1. The number of carbonyl (C=O) groups excluding carboxylic acids is 2. The second-order valence-electron chi connectivity index (χ2n) is 5.16. The molecule has 0 radical (unpaired) electrons. The minimum Gasteiger partial charge on any atom is -0.376 e. The molecule has 0 aromatic heterocycles. The van der Waals surface area contributed by atoms with Crippen LogP contribution in [0.25, 0.3) is 0 Å². The van der Waals surface area contributed by atoms with Crippen LogP contribution in [0.1, 0.15) is 25.3 Å². The minimum atomic E-state index is -0.730. The van der Waals surface area contributed by atoms with Gasteiger partial charge in [0.1, 0.15) is 0 Å². The monoisotopic (exact) mass is 292 g/mol. The number of imide groups is 1. The summed E-state index contributed by atoms with van der Waals surface area (Å²) in [4.78, 5) is 23.6. The molecule has 1 aromatic carbocycles. The van der Waals surface area contributed by atoms with Crippen molar-refractivity contribution >= 4 is 17.6 Å².